The summed E-state index contributed by atoms with van der Waals surface area (Å²) in [5, 5.41) is 8.66. The van der Waals surface area contributed by atoms with Crippen LogP contribution in [-0.2, 0) is 9.59 Å². The molecule has 1 saturated heterocycles. The summed E-state index contributed by atoms with van der Waals surface area (Å²) in [6, 6.07) is 5.38. The van der Waals surface area contributed by atoms with Gasteiger partial charge in [0.15, 0.2) is 0 Å². The van der Waals surface area contributed by atoms with E-state index in [1.807, 2.05) is 0 Å². The summed E-state index contributed by atoms with van der Waals surface area (Å²) in [5.74, 6) is -1.83. The van der Waals surface area contributed by atoms with Gasteiger partial charge in [0.05, 0.1) is 5.92 Å². The summed E-state index contributed by atoms with van der Waals surface area (Å²) in [6.07, 6.45) is 1.86. The molecule has 25 heavy (non-hydrogen) atoms. The third-order valence-corrected chi connectivity index (χ3v) is 4.41. The Hall–Kier alpha value is -2.44. The minimum atomic E-state index is -0.880. The monoisotopic (exact) mass is 350 g/mol. The first kappa shape index (κ1) is 18.9. The lowest BCUT2D eigenvalue weighted by Crippen LogP contribution is -2.46. The van der Waals surface area contributed by atoms with Gasteiger partial charge in [0.2, 0.25) is 5.91 Å². The van der Waals surface area contributed by atoms with E-state index in [2.05, 4.69) is 0 Å². The van der Waals surface area contributed by atoms with Crippen LogP contribution in [0.1, 0.15) is 36.0 Å². The fourth-order valence-electron chi connectivity index (χ4n) is 3.03. The second kappa shape index (κ2) is 8.60. The number of halogens is 1. The van der Waals surface area contributed by atoms with Gasteiger partial charge in [-0.3, -0.25) is 14.4 Å². The van der Waals surface area contributed by atoms with Crippen molar-refractivity contribution in [3.05, 3.63) is 35.6 Å². The van der Waals surface area contributed by atoms with Crippen molar-refractivity contribution < 1.29 is 23.9 Å². The zero-order valence-corrected chi connectivity index (χ0v) is 14.3. The molecular formula is C18H23FN2O4. The molecule has 1 fully saturated rings. The maximum Gasteiger partial charge on any atom is 0.303 e. The van der Waals surface area contributed by atoms with Gasteiger partial charge in [0, 0.05) is 38.7 Å². The molecule has 1 atom stereocenters. The Bertz CT molecular complexity index is 632. The van der Waals surface area contributed by atoms with Crippen molar-refractivity contribution in [1.82, 2.24) is 9.80 Å². The first-order valence-electron chi connectivity index (χ1n) is 8.40. The number of piperidine rings is 1. The Kier molecular flexibility index (Phi) is 6.50. The summed E-state index contributed by atoms with van der Waals surface area (Å²) >= 11 is 0. The van der Waals surface area contributed by atoms with E-state index in [-0.39, 0.29) is 24.2 Å². The lowest BCUT2D eigenvalue weighted by atomic mass is 9.96. The third kappa shape index (κ3) is 5.27. The molecule has 1 N–H and O–H groups in total. The van der Waals surface area contributed by atoms with Gasteiger partial charge in [-0.05, 0) is 43.5 Å². The van der Waals surface area contributed by atoms with E-state index in [1.54, 1.807) is 16.8 Å². The summed E-state index contributed by atoms with van der Waals surface area (Å²) < 4.78 is 13.0. The Morgan fingerprint density at radius 3 is 2.60 bits per heavy atom. The highest BCUT2D eigenvalue weighted by Gasteiger charge is 2.30. The van der Waals surface area contributed by atoms with E-state index in [1.165, 1.54) is 24.3 Å². The van der Waals surface area contributed by atoms with Crippen LogP contribution < -0.4 is 0 Å². The number of benzene rings is 1. The Labute approximate surface area is 146 Å². The van der Waals surface area contributed by atoms with Crippen LogP contribution in [0.3, 0.4) is 0 Å². The number of aliphatic carboxylic acids is 1. The van der Waals surface area contributed by atoms with Crippen molar-refractivity contribution in [2.45, 2.75) is 25.7 Å². The van der Waals surface area contributed by atoms with Crippen LogP contribution >= 0.6 is 0 Å². The molecule has 1 aromatic rings. The fraction of sp³-hybridized carbons (Fsp3) is 0.500. The standard InChI is InChI=1S/C18H23FN2O4/c1-20(10-3-5-16(22)23)17(24)14-4-2-11-21(12-14)18(25)13-6-8-15(19)9-7-13/h6-9,14H,2-5,10-12H2,1H3,(H,22,23). The van der Waals surface area contributed by atoms with Crippen LogP contribution in [0.2, 0.25) is 0 Å². The molecule has 1 aliphatic rings. The number of amides is 2. The lowest BCUT2D eigenvalue weighted by molar-refractivity contribution is -0.139. The second-order valence-electron chi connectivity index (χ2n) is 6.35. The number of carboxylic acids is 1. The molecule has 0 radical (unpaired) electrons. The van der Waals surface area contributed by atoms with E-state index in [0.29, 0.717) is 38.0 Å². The minimum Gasteiger partial charge on any atom is -0.481 e. The number of carbonyl (C=O) groups excluding carboxylic acids is 2. The molecule has 7 heteroatoms. The lowest BCUT2D eigenvalue weighted by Gasteiger charge is -2.34. The third-order valence-electron chi connectivity index (χ3n) is 4.41. The second-order valence-corrected chi connectivity index (χ2v) is 6.35. The summed E-state index contributed by atoms with van der Waals surface area (Å²) in [5.41, 5.74) is 0.407. The van der Waals surface area contributed by atoms with Gasteiger partial charge >= 0.3 is 5.97 Å². The average Bonchev–Trinajstić information content (AvgIpc) is 2.60. The Balaban J connectivity index is 1.93. The number of rotatable bonds is 6. The van der Waals surface area contributed by atoms with Crippen molar-refractivity contribution in [3.63, 3.8) is 0 Å². The Morgan fingerprint density at radius 2 is 1.96 bits per heavy atom. The highest BCUT2D eigenvalue weighted by molar-refractivity contribution is 5.94. The molecule has 0 bridgehead atoms. The minimum absolute atomic E-state index is 0.0253. The molecule has 1 unspecified atom stereocenters. The quantitative estimate of drug-likeness (QED) is 0.851. The van der Waals surface area contributed by atoms with Crippen LogP contribution in [-0.4, -0.2) is 59.4 Å². The van der Waals surface area contributed by atoms with Gasteiger partial charge in [-0.15, -0.1) is 0 Å². The molecule has 0 aliphatic carbocycles. The van der Waals surface area contributed by atoms with Crippen LogP contribution in [0.5, 0.6) is 0 Å². The SMILES string of the molecule is CN(CCCC(=O)O)C(=O)C1CCCN(C(=O)c2ccc(F)cc2)C1. The molecule has 1 aliphatic heterocycles. The zero-order valence-electron chi connectivity index (χ0n) is 14.3. The first-order valence-corrected chi connectivity index (χ1v) is 8.40. The van der Waals surface area contributed by atoms with Gasteiger partial charge < -0.3 is 14.9 Å². The van der Waals surface area contributed by atoms with Crippen LogP contribution in [0.25, 0.3) is 0 Å². The van der Waals surface area contributed by atoms with Gasteiger partial charge in [0.25, 0.3) is 5.91 Å². The number of carbonyl (C=O) groups is 3. The first-order chi connectivity index (χ1) is 11.9. The molecule has 0 aromatic heterocycles. The highest BCUT2D eigenvalue weighted by Crippen LogP contribution is 2.20. The highest BCUT2D eigenvalue weighted by atomic mass is 19.1. The predicted octanol–water partition coefficient (Wildman–Crippen LogP) is 2.00. The van der Waals surface area contributed by atoms with E-state index >= 15 is 0 Å². The number of nitrogens with zero attached hydrogens (tertiary/aromatic N) is 2. The van der Waals surface area contributed by atoms with Gasteiger partial charge in [-0.25, -0.2) is 4.39 Å². The fourth-order valence-corrected chi connectivity index (χ4v) is 3.03. The van der Waals surface area contributed by atoms with Crippen molar-refractivity contribution in [2.75, 3.05) is 26.7 Å². The number of likely N-dealkylation sites (tertiary alicyclic amines) is 1. The van der Waals surface area contributed by atoms with Gasteiger partial charge in [0.1, 0.15) is 5.82 Å². The number of carboxylic acid groups (broad SMARTS) is 1. The maximum atomic E-state index is 13.0. The molecule has 0 spiro atoms. The van der Waals surface area contributed by atoms with Gasteiger partial charge in [-0.2, -0.15) is 0 Å². The molecule has 6 nitrogen and oxygen atoms in total. The largest absolute Gasteiger partial charge is 0.481 e. The molecule has 1 heterocycles. The van der Waals surface area contributed by atoms with Crippen molar-refractivity contribution in [1.29, 1.82) is 0 Å². The molecule has 1 aromatic carbocycles. The topological polar surface area (TPSA) is 77.9 Å². The van der Waals surface area contributed by atoms with Crippen molar-refractivity contribution in [3.8, 4) is 0 Å². The smallest absolute Gasteiger partial charge is 0.303 e. The number of hydrogen-bond donors (Lipinski definition) is 1. The van der Waals surface area contributed by atoms with Crippen LogP contribution in [0.4, 0.5) is 4.39 Å². The molecule has 2 rings (SSSR count). The van der Waals surface area contributed by atoms with Gasteiger partial charge in [-0.1, -0.05) is 0 Å². The van der Waals surface area contributed by atoms with E-state index < -0.39 is 11.8 Å². The van der Waals surface area contributed by atoms with E-state index in [4.69, 9.17) is 5.11 Å². The van der Waals surface area contributed by atoms with E-state index in [9.17, 15) is 18.8 Å². The molecular weight excluding hydrogens is 327 g/mol. The summed E-state index contributed by atoms with van der Waals surface area (Å²) in [6.45, 7) is 1.29. The zero-order chi connectivity index (χ0) is 18.4. The van der Waals surface area contributed by atoms with Crippen molar-refractivity contribution in [2.24, 2.45) is 5.92 Å². The molecule has 136 valence electrons. The molecule has 0 saturated carbocycles. The Morgan fingerprint density at radius 1 is 1.28 bits per heavy atom. The maximum absolute atomic E-state index is 13.0. The number of hydrogen-bond acceptors (Lipinski definition) is 3. The average molecular weight is 350 g/mol. The van der Waals surface area contributed by atoms with Crippen LogP contribution in [0, 0.1) is 11.7 Å². The predicted molar refractivity (Wildman–Crippen MR) is 89.5 cm³/mol. The van der Waals surface area contributed by atoms with E-state index in [0.717, 1.165) is 6.42 Å². The summed E-state index contributed by atoms with van der Waals surface area (Å²) in [7, 11) is 1.66. The summed E-state index contributed by atoms with van der Waals surface area (Å²) in [4.78, 5) is 38.7. The van der Waals surface area contributed by atoms with Crippen LogP contribution in [0.15, 0.2) is 24.3 Å². The molecule has 2 amide bonds. The normalized spacial score (nSPS) is 17.2. The van der Waals surface area contributed by atoms with Crippen molar-refractivity contribution >= 4 is 17.8 Å².